The van der Waals surface area contributed by atoms with Crippen LogP contribution in [0.1, 0.15) is 10.4 Å². The minimum absolute atomic E-state index is 0.141. The predicted octanol–water partition coefficient (Wildman–Crippen LogP) is 3.87. The maximum absolute atomic E-state index is 11.5. The van der Waals surface area contributed by atoms with Crippen molar-refractivity contribution < 1.29 is 14.5 Å². The van der Waals surface area contributed by atoms with Crippen molar-refractivity contribution in [3.8, 4) is 10.4 Å². The van der Waals surface area contributed by atoms with Gasteiger partial charge in [-0.3, -0.25) is 10.1 Å². The predicted molar refractivity (Wildman–Crippen MR) is 75.4 cm³/mol. The van der Waals surface area contributed by atoms with Crippen molar-refractivity contribution in [3.05, 3.63) is 49.8 Å². The van der Waals surface area contributed by atoms with Gasteiger partial charge in [0.25, 0.3) is 5.69 Å². The van der Waals surface area contributed by atoms with E-state index in [-0.39, 0.29) is 11.3 Å². The fourth-order valence-corrected chi connectivity index (χ4v) is 3.17. The van der Waals surface area contributed by atoms with E-state index >= 15 is 0 Å². The molecule has 0 radical (unpaired) electrons. The number of halogens is 1. The summed E-state index contributed by atoms with van der Waals surface area (Å²) >= 11 is 4.80. The van der Waals surface area contributed by atoms with E-state index in [1.807, 2.05) is 11.4 Å². The molecule has 19 heavy (non-hydrogen) atoms. The molecule has 0 unspecified atom stereocenters. The number of thiophene rings is 1. The molecule has 1 aromatic carbocycles. The molecule has 0 saturated heterocycles. The molecule has 0 N–H and O–H groups in total. The molecule has 5 nitrogen and oxygen atoms in total. The molecular formula is C12H8BrNO4S. The van der Waals surface area contributed by atoms with E-state index in [1.54, 1.807) is 6.07 Å². The van der Waals surface area contributed by atoms with E-state index in [4.69, 9.17) is 0 Å². The molecule has 0 aliphatic heterocycles. The van der Waals surface area contributed by atoms with Crippen molar-refractivity contribution in [3.63, 3.8) is 0 Å². The Bertz CT molecular complexity index is 653. The zero-order chi connectivity index (χ0) is 14.0. The number of nitro benzene ring substituents is 1. The molecule has 0 spiro atoms. The summed E-state index contributed by atoms with van der Waals surface area (Å²) in [7, 11) is 1.24. The van der Waals surface area contributed by atoms with Crippen LogP contribution in [0.5, 0.6) is 0 Å². The molecule has 1 heterocycles. The topological polar surface area (TPSA) is 69.4 Å². The number of carbonyl (C=O) groups is 1. The van der Waals surface area contributed by atoms with Crippen LogP contribution in [0.2, 0.25) is 0 Å². The van der Waals surface area contributed by atoms with Crippen LogP contribution in [-0.4, -0.2) is 18.0 Å². The van der Waals surface area contributed by atoms with Crippen molar-refractivity contribution in [1.29, 1.82) is 0 Å². The molecule has 0 bridgehead atoms. The summed E-state index contributed by atoms with van der Waals surface area (Å²) in [5.41, 5.74) is 0.627. The summed E-state index contributed by atoms with van der Waals surface area (Å²) in [5, 5.41) is 12.8. The van der Waals surface area contributed by atoms with E-state index in [9.17, 15) is 14.9 Å². The largest absolute Gasteiger partial charge is 0.465 e. The van der Waals surface area contributed by atoms with E-state index in [0.717, 1.165) is 9.35 Å². The lowest BCUT2D eigenvalue weighted by molar-refractivity contribution is -0.384. The van der Waals surface area contributed by atoms with Crippen LogP contribution in [0.3, 0.4) is 0 Å². The molecule has 2 rings (SSSR count). The van der Waals surface area contributed by atoms with Crippen molar-refractivity contribution in [2.75, 3.05) is 7.11 Å². The van der Waals surface area contributed by atoms with Gasteiger partial charge in [0, 0.05) is 27.0 Å². The van der Waals surface area contributed by atoms with Crippen LogP contribution < -0.4 is 0 Å². The number of carbonyl (C=O) groups excluding carboxylic acids is 1. The average molecular weight is 342 g/mol. The van der Waals surface area contributed by atoms with Crippen molar-refractivity contribution in [2.45, 2.75) is 0 Å². The number of hydrogen-bond donors (Lipinski definition) is 0. The molecule has 1 aromatic heterocycles. The second-order valence-corrected chi connectivity index (χ2v) is 5.39. The summed E-state index contributed by atoms with van der Waals surface area (Å²) in [4.78, 5) is 22.8. The minimum atomic E-state index is -0.599. The Labute approximate surface area is 121 Å². The van der Waals surface area contributed by atoms with Gasteiger partial charge in [0.2, 0.25) is 0 Å². The van der Waals surface area contributed by atoms with Crippen LogP contribution in [-0.2, 0) is 4.74 Å². The second-order valence-electron chi connectivity index (χ2n) is 3.61. The molecule has 0 aliphatic rings. The SMILES string of the molecule is COC(=O)c1cc(-c2sccc2Br)cc([N+](=O)[O-])c1. The van der Waals surface area contributed by atoms with Gasteiger partial charge in [-0.2, -0.15) is 0 Å². The van der Waals surface area contributed by atoms with Crippen LogP contribution in [0.25, 0.3) is 10.4 Å². The number of ether oxygens (including phenoxy) is 1. The number of hydrogen-bond acceptors (Lipinski definition) is 5. The summed E-state index contributed by atoms with van der Waals surface area (Å²) in [6, 6.07) is 6.06. The second kappa shape index (κ2) is 5.50. The molecule has 0 fully saturated rings. The lowest BCUT2D eigenvalue weighted by atomic mass is 10.1. The Morgan fingerprint density at radius 3 is 2.68 bits per heavy atom. The smallest absolute Gasteiger partial charge is 0.338 e. The fraction of sp³-hybridized carbons (Fsp3) is 0.0833. The first-order chi connectivity index (χ1) is 9.02. The molecule has 0 amide bonds. The van der Waals surface area contributed by atoms with E-state index in [2.05, 4.69) is 20.7 Å². The normalized spacial score (nSPS) is 10.2. The first-order valence-electron chi connectivity index (χ1n) is 5.14. The Balaban J connectivity index is 2.61. The summed E-state index contributed by atoms with van der Waals surface area (Å²) in [5.74, 6) is -0.599. The number of nitro groups is 1. The van der Waals surface area contributed by atoms with Gasteiger partial charge in [0.05, 0.1) is 17.6 Å². The lowest BCUT2D eigenvalue weighted by Crippen LogP contribution is -2.02. The van der Waals surface area contributed by atoms with Crippen LogP contribution in [0, 0.1) is 10.1 Å². The molecular weight excluding hydrogens is 334 g/mol. The quantitative estimate of drug-likeness (QED) is 0.482. The summed E-state index contributed by atoms with van der Waals surface area (Å²) in [6.45, 7) is 0. The monoisotopic (exact) mass is 341 g/mol. The maximum Gasteiger partial charge on any atom is 0.338 e. The zero-order valence-corrected chi connectivity index (χ0v) is 12.2. The van der Waals surface area contributed by atoms with Gasteiger partial charge in [0.1, 0.15) is 0 Å². The van der Waals surface area contributed by atoms with Crippen molar-refractivity contribution in [2.24, 2.45) is 0 Å². The third-order valence-electron chi connectivity index (χ3n) is 2.43. The Kier molecular flexibility index (Phi) is 3.96. The maximum atomic E-state index is 11.5. The van der Waals surface area contributed by atoms with Gasteiger partial charge in [-0.15, -0.1) is 11.3 Å². The van der Waals surface area contributed by atoms with Crippen LogP contribution in [0.15, 0.2) is 34.1 Å². The summed E-state index contributed by atoms with van der Waals surface area (Å²) < 4.78 is 5.43. The number of non-ortho nitro benzene ring substituents is 1. The van der Waals surface area contributed by atoms with E-state index in [1.165, 1.54) is 30.6 Å². The highest BCUT2D eigenvalue weighted by Gasteiger charge is 2.17. The van der Waals surface area contributed by atoms with Crippen LogP contribution in [0.4, 0.5) is 5.69 Å². The number of rotatable bonds is 3. The highest BCUT2D eigenvalue weighted by molar-refractivity contribution is 9.10. The number of benzene rings is 1. The van der Waals surface area contributed by atoms with Gasteiger partial charge in [-0.05, 0) is 33.4 Å². The fourth-order valence-electron chi connectivity index (χ4n) is 1.58. The van der Waals surface area contributed by atoms with Crippen molar-refractivity contribution >= 4 is 38.9 Å². The molecule has 0 atom stereocenters. The highest BCUT2D eigenvalue weighted by atomic mass is 79.9. The van der Waals surface area contributed by atoms with Crippen molar-refractivity contribution in [1.82, 2.24) is 0 Å². The zero-order valence-electron chi connectivity index (χ0n) is 9.75. The number of esters is 1. The van der Waals surface area contributed by atoms with E-state index < -0.39 is 10.9 Å². The van der Waals surface area contributed by atoms with E-state index in [0.29, 0.717) is 5.56 Å². The number of methoxy groups -OCH3 is 1. The van der Waals surface area contributed by atoms with Gasteiger partial charge in [-0.1, -0.05) is 0 Å². The standard InChI is InChI=1S/C12H8BrNO4S/c1-18-12(15)8-4-7(5-9(6-8)14(16)17)11-10(13)2-3-19-11/h2-6H,1H3. The van der Waals surface area contributed by atoms with Crippen LogP contribution >= 0.6 is 27.3 Å². The van der Waals surface area contributed by atoms with Gasteiger partial charge < -0.3 is 4.74 Å². The molecule has 98 valence electrons. The number of nitrogens with zero attached hydrogens (tertiary/aromatic N) is 1. The van der Waals surface area contributed by atoms with Gasteiger partial charge in [0.15, 0.2) is 0 Å². The lowest BCUT2D eigenvalue weighted by Gasteiger charge is -2.04. The summed E-state index contributed by atoms with van der Waals surface area (Å²) in [6.07, 6.45) is 0. The minimum Gasteiger partial charge on any atom is -0.465 e. The van der Waals surface area contributed by atoms with Gasteiger partial charge >= 0.3 is 5.97 Å². The Hall–Kier alpha value is -1.73. The molecule has 0 aliphatic carbocycles. The average Bonchev–Trinajstić information content (AvgIpc) is 2.83. The third-order valence-corrected chi connectivity index (χ3v) is 4.32. The highest BCUT2D eigenvalue weighted by Crippen LogP contribution is 2.35. The molecule has 7 heteroatoms. The molecule has 2 aromatic rings. The third kappa shape index (κ3) is 2.82. The Morgan fingerprint density at radius 2 is 2.16 bits per heavy atom. The first kappa shape index (κ1) is 13.7. The van der Waals surface area contributed by atoms with Gasteiger partial charge in [-0.25, -0.2) is 4.79 Å². The Morgan fingerprint density at radius 1 is 1.42 bits per heavy atom. The first-order valence-corrected chi connectivity index (χ1v) is 6.81. The molecule has 0 saturated carbocycles.